The van der Waals surface area contributed by atoms with E-state index in [1.54, 1.807) is 12.1 Å². The fourth-order valence-electron chi connectivity index (χ4n) is 4.51. The van der Waals surface area contributed by atoms with Crippen LogP contribution in [0.5, 0.6) is 0 Å². The molecule has 2 bridgehead atoms. The number of benzene rings is 1. The SMILES string of the molecule is CC1(C)C2(C(=O)Nc3cccc(Cl)c3)CCC1(C(Br)Br)C2Br. The van der Waals surface area contributed by atoms with Gasteiger partial charge in [-0.1, -0.05) is 79.3 Å². The molecule has 3 atom stereocenters. The number of hydrogen-bond acceptors (Lipinski definition) is 1. The molecule has 2 nitrogen and oxygen atoms in total. The number of carbonyl (C=O) groups excluding carboxylic acids is 1. The lowest BCUT2D eigenvalue weighted by molar-refractivity contribution is -0.155. The van der Waals surface area contributed by atoms with Gasteiger partial charge in [0.2, 0.25) is 5.91 Å². The van der Waals surface area contributed by atoms with Crippen molar-refractivity contribution in [2.45, 2.75) is 35.3 Å². The molecule has 120 valence electrons. The number of anilines is 1. The molecular weight excluding hydrogens is 497 g/mol. The molecule has 4 rings (SSSR count). The summed E-state index contributed by atoms with van der Waals surface area (Å²) in [4.78, 5) is 13.2. The third-order valence-electron chi connectivity index (χ3n) is 5.97. The van der Waals surface area contributed by atoms with E-state index in [4.69, 9.17) is 11.6 Å². The summed E-state index contributed by atoms with van der Waals surface area (Å²) in [6, 6.07) is 7.30. The van der Waals surface area contributed by atoms with E-state index in [9.17, 15) is 4.79 Å². The molecule has 3 fully saturated rings. The molecule has 1 N–H and O–H groups in total. The molecule has 0 spiro atoms. The molecule has 0 heterocycles. The minimum atomic E-state index is -0.394. The van der Waals surface area contributed by atoms with Gasteiger partial charge in [0.05, 0.1) is 9.15 Å². The van der Waals surface area contributed by atoms with Crippen LogP contribution in [0.25, 0.3) is 0 Å². The smallest absolute Gasteiger partial charge is 0.232 e. The zero-order valence-electron chi connectivity index (χ0n) is 12.3. The summed E-state index contributed by atoms with van der Waals surface area (Å²) in [6.45, 7) is 4.40. The highest BCUT2D eigenvalue weighted by atomic mass is 79.9. The van der Waals surface area contributed by atoms with Gasteiger partial charge in [0.15, 0.2) is 0 Å². The highest BCUT2D eigenvalue weighted by molar-refractivity contribution is 9.24. The second kappa shape index (κ2) is 5.47. The van der Waals surface area contributed by atoms with Crippen molar-refractivity contribution in [2.24, 2.45) is 16.2 Å². The predicted octanol–water partition coefficient (Wildman–Crippen LogP) is 5.96. The number of alkyl halides is 3. The minimum Gasteiger partial charge on any atom is -0.326 e. The van der Waals surface area contributed by atoms with Crippen LogP contribution in [-0.4, -0.2) is 14.5 Å². The molecule has 3 saturated carbocycles. The predicted molar refractivity (Wildman–Crippen MR) is 102 cm³/mol. The number of fused-ring (bicyclic) bond motifs is 1. The maximum absolute atomic E-state index is 13.1. The van der Waals surface area contributed by atoms with Crippen molar-refractivity contribution in [1.82, 2.24) is 0 Å². The number of nitrogens with one attached hydrogen (secondary N) is 1. The number of halogens is 4. The lowest BCUT2D eigenvalue weighted by atomic mass is 9.43. The molecule has 3 aliphatic carbocycles. The van der Waals surface area contributed by atoms with Crippen molar-refractivity contribution >= 4 is 71.0 Å². The maximum atomic E-state index is 13.1. The first-order valence-corrected chi connectivity index (χ1v) is 10.3. The standard InChI is InChI=1S/C16H17Br3ClNO/c1-14(2)15(12(18)19)6-7-16(14,11(15)17)13(22)21-10-5-3-4-9(20)8-10/h3-5,8,11-12H,6-7H2,1-2H3,(H,21,22). The largest absolute Gasteiger partial charge is 0.326 e. The van der Waals surface area contributed by atoms with Crippen LogP contribution < -0.4 is 5.32 Å². The Morgan fingerprint density at radius 1 is 1.36 bits per heavy atom. The average Bonchev–Trinajstić information content (AvgIpc) is 2.88. The van der Waals surface area contributed by atoms with Crippen LogP contribution in [0, 0.1) is 16.2 Å². The van der Waals surface area contributed by atoms with E-state index >= 15 is 0 Å². The van der Waals surface area contributed by atoms with Gasteiger partial charge >= 0.3 is 0 Å². The first-order valence-electron chi connectivity index (χ1n) is 7.19. The first kappa shape index (κ1) is 17.2. The first-order chi connectivity index (χ1) is 10.2. The van der Waals surface area contributed by atoms with E-state index in [-0.39, 0.29) is 25.3 Å². The molecule has 6 heteroatoms. The maximum Gasteiger partial charge on any atom is 0.232 e. The van der Waals surface area contributed by atoms with Crippen LogP contribution in [-0.2, 0) is 4.79 Å². The van der Waals surface area contributed by atoms with Crippen molar-refractivity contribution in [3.63, 3.8) is 0 Å². The Bertz CT molecular complexity index is 636. The topological polar surface area (TPSA) is 29.1 Å². The summed E-state index contributed by atoms with van der Waals surface area (Å²) in [6.07, 6.45) is 1.90. The molecule has 1 aromatic rings. The number of hydrogen-bond donors (Lipinski definition) is 1. The Labute approximate surface area is 161 Å². The fourth-order valence-corrected chi connectivity index (χ4v) is 9.61. The number of carbonyl (C=O) groups is 1. The summed E-state index contributed by atoms with van der Waals surface area (Å²) in [7, 11) is 0. The van der Waals surface area contributed by atoms with Crippen LogP contribution in [0.15, 0.2) is 24.3 Å². The van der Waals surface area contributed by atoms with Gasteiger partial charge in [0, 0.05) is 21.0 Å². The van der Waals surface area contributed by atoms with Crippen molar-refractivity contribution in [3.8, 4) is 0 Å². The molecule has 22 heavy (non-hydrogen) atoms. The van der Waals surface area contributed by atoms with Gasteiger partial charge in [-0.05, 0) is 36.5 Å². The summed E-state index contributed by atoms with van der Waals surface area (Å²) in [5.41, 5.74) is 0.295. The highest BCUT2D eigenvalue weighted by Gasteiger charge is 2.83. The second-order valence-corrected chi connectivity index (χ2v) is 11.2. The number of rotatable bonds is 3. The fraction of sp³-hybridized carbons (Fsp3) is 0.562. The van der Waals surface area contributed by atoms with Gasteiger partial charge in [-0.2, -0.15) is 0 Å². The Kier molecular flexibility index (Phi) is 4.29. The van der Waals surface area contributed by atoms with Crippen LogP contribution in [0.1, 0.15) is 26.7 Å². The average molecular weight is 514 g/mol. The van der Waals surface area contributed by atoms with Crippen molar-refractivity contribution < 1.29 is 4.79 Å². The van der Waals surface area contributed by atoms with Crippen LogP contribution >= 0.6 is 59.4 Å². The van der Waals surface area contributed by atoms with Gasteiger partial charge in [0.1, 0.15) is 0 Å². The lowest BCUT2D eigenvalue weighted by Crippen LogP contribution is -2.71. The van der Waals surface area contributed by atoms with E-state index in [0.29, 0.717) is 5.02 Å². The Balaban J connectivity index is 1.91. The number of amides is 1. The zero-order chi connectivity index (χ0) is 16.3. The molecule has 0 radical (unpaired) electrons. The summed E-state index contributed by atoms with van der Waals surface area (Å²) >= 11 is 17.2. The lowest BCUT2D eigenvalue weighted by Gasteiger charge is -2.66. The molecule has 1 aromatic carbocycles. The molecule has 1 amide bonds. The van der Waals surface area contributed by atoms with Crippen molar-refractivity contribution in [3.05, 3.63) is 29.3 Å². The van der Waals surface area contributed by atoms with Gasteiger partial charge in [0.25, 0.3) is 0 Å². The molecule has 0 saturated heterocycles. The van der Waals surface area contributed by atoms with Crippen LogP contribution in [0.2, 0.25) is 5.02 Å². The van der Waals surface area contributed by atoms with E-state index in [1.165, 1.54) is 0 Å². The molecule has 3 aliphatic rings. The van der Waals surface area contributed by atoms with Gasteiger partial charge in [-0.3, -0.25) is 4.79 Å². The van der Waals surface area contributed by atoms with Gasteiger partial charge in [-0.25, -0.2) is 0 Å². The van der Waals surface area contributed by atoms with Crippen molar-refractivity contribution in [2.75, 3.05) is 5.32 Å². The highest BCUT2D eigenvalue weighted by Crippen LogP contribution is 2.82. The van der Waals surface area contributed by atoms with E-state index < -0.39 is 5.41 Å². The molecular formula is C16H17Br3ClNO. The monoisotopic (exact) mass is 511 g/mol. The van der Waals surface area contributed by atoms with Crippen molar-refractivity contribution in [1.29, 1.82) is 0 Å². The quantitative estimate of drug-likeness (QED) is 0.496. The Hall–Kier alpha value is 0.420. The van der Waals surface area contributed by atoms with Crippen LogP contribution in [0.3, 0.4) is 0 Å². The van der Waals surface area contributed by atoms with E-state index in [2.05, 4.69) is 67.0 Å². The normalized spacial score (nSPS) is 35.3. The zero-order valence-corrected chi connectivity index (χ0v) is 17.8. The van der Waals surface area contributed by atoms with E-state index in [0.717, 1.165) is 18.5 Å². The Morgan fingerprint density at radius 2 is 2.05 bits per heavy atom. The third kappa shape index (κ3) is 1.91. The summed E-state index contributed by atoms with van der Waals surface area (Å²) < 4.78 is 0.182. The third-order valence-corrected chi connectivity index (χ3v) is 9.44. The summed E-state index contributed by atoms with van der Waals surface area (Å²) in [5, 5.41) is 3.69. The molecule has 3 unspecified atom stereocenters. The minimum absolute atomic E-state index is 0.0404. The van der Waals surface area contributed by atoms with E-state index in [1.807, 2.05) is 12.1 Å². The molecule has 0 aliphatic heterocycles. The second-order valence-electron chi connectivity index (χ2n) is 6.76. The van der Waals surface area contributed by atoms with Crippen LogP contribution in [0.4, 0.5) is 5.69 Å². The molecule has 0 aromatic heterocycles. The van der Waals surface area contributed by atoms with Gasteiger partial charge < -0.3 is 5.32 Å². The summed E-state index contributed by atoms with van der Waals surface area (Å²) in [5.74, 6) is 0.0791. The van der Waals surface area contributed by atoms with Gasteiger partial charge in [-0.15, -0.1) is 0 Å². The Morgan fingerprint density at radius 3 is 2.55 bits per heavy atom.